The first-order valence-electron chi connectivity index (χ1n) is 14.6. The summed E-state index contributed by atoms with van der Waals surface area (Å²) in [6, 6.07) is 3.94. The van der Waals surface area contributed by atoms with E-state index < -0.39 is 0 Å². The van der Waals surface area contributed by atoms with Crippen LogP contribution in [0.25, 0.3) is 11.3 Å². The van der Waals surface area contributed by atoms with Crippen LogP contribution in [0.4, 0.5) is 4.79 Å². The van der Waals surface area contributed by atoms with E-state index in [0.717, 1.165) is 44.9 Å². The summed E-state index contributed by atoms with van der Waals surface area (Å²) in [7, 11) is 5.20. The van der Waals surface area contributed by atoms with Crippen molar-refractivity contribution in [2.24, 2.45) is 13.0 Å². The van der Waals surface area contributed by atoms with Crippen LogP contribution in [-0.2, 0) is 32.7 Å². The van der Waals surface area contributed by atoms with Crippen molar-refractivity contribution >= 4 is 23.7 Å². The third-order valence-corrected chi connectivity index (χ3v) is 8.47. The van der Waals surface area contributed by atoms with Crippen LogP contribution in [0.2, 0.25) is 5.15 Å². The molecule has 2 aromatic rings. The van der Waals surface area contributed by atoms with Gasteiger partial charge in [-0.2, -0.15) is 5.10 Å². The van der Waals surface area contributed by atoms with E-state index in [0.29, 0.717) is 47.8 Å². The fraction of sp³-hybridized carbons (Fsp3) is 0.667. The minimum absolute atomic E-state index is 0.0318. The summed E-state index contributed by atoms with van der Waals surface area (Å²) in [6.07, 6.45) is 7.49. The number of halogens is 1. The number of carbonyl (C=O) groups excluding carboxylic acids is 2. The van der Waals surface area contributed by atoms with E-state index >= 15 is 0 Å². The second-order valence-electron chi connectivity index (χ2n) is 11.3. The second kappa shape index (κ2) is 14.4. The number of amides is 1. The molecular weight excluding hydrogens is 548 g/mol. The van der Waals surface area contributed by atoms with Gasteiger partial charge < -0.3 is 23.8 Å². The molecule has 0 aromatic carbocycles. The summed E-state index contributed by atoms with van der Waals surface area (Å²) in [5.74, 6) is 0.312. The molecule has 226 valence electrons. The van der Waals surface area contributed by atoms with Crippen molar-refractivity contribution in [1.29, 1.82) is 0 Å². The SMILES string of the molecule is COCCC(C)OC(=O)[C@H]1CCC[C@H](Oc2ccc(-c3c(Cl)nn(C)c3COC(=O)N(C)C3CCCC3)nc2C)C1. The van der Waals surface area contributed by atoms with Crippen LogP contribution in [0.15, 0.2) is 12.1 Å². The average Bonchev–Trinajstić information content (AvgIpc) is 3.59. The van der Waals surface area contributed by atoms with E-state index in [2.05, 4.69) is 5.10 Å². The lowest BCUT2D eigenvalue weighted by Gasteiger charge is -2.29. The molecule has 0 radical (unpaired) electrons. The topological polar surface area (TPSA) is 105 Å². The maximum absolute atomic E-state index is 12.7. The molecule has 0 bridgehead atoms. The monoisotopic (exact) mass is 590 g/mol. The van der Waals surface area contributed by atoms with Gasteiger partial charge in [0.2, 0.25) is 0 Å². The van der Waals surface area contributed by atoms with Gasteiger partial charge in [-0.1, -0.05) is 24.4 Å². The highest BCUT2D eigenvalue weighted by Crippen LogP contribution is 2.34. The molecule has 11 heteroatoms. The zero-order valence-corrected chi connectivity index (χ0v) is 25.6. The molecule has 2 aliphatic carbocycles. The van der Waals surface area contributed by atoms with Gasteiger partial charge in [-0.05, 0) is 64.5 Å². The van der Waals surface area contributed by atoms with E-state index in [1.807, 2.05) is 26.0 Å². The Morgan fingerprint density at radius 2 is 1.93 bits per heavy atom. The summed E-state index contributed by atoms with van der Waals surface area (Å²) in [5, 5.41) is 4.64. The molecule has 2 fully saturated rings. The fourth-order valence-electron chi connectivity index (χ4n) is 5.71. The zero-order chi connectivity index (χ0) is 29.5. The van der Waals surface area contributed by atoms with Gasteiger partial charge in [-0.15, -0.1) is 0 Å². The van der Waals surface area contributed by atoms with Crippen LogP contribution in [0.1, 0.15) is 76.1 Å². The average molecular weight is 591 g/mol. The maximum Gasteiger partial charge on any atom is 0.410 e. The molecule has 41 heavy (non-hydrogen) atoms. The molecule has 1 amide bonds. The predicted octanol–water partition coefficient (Wildman–Crippen LogP) is 5.86. The standard InChI is InChI=1S/C30H43ClN4O6/c1-19(15-16-38-5)40-29(36)21-9-8-12-23(17-21)41-26-14-13-24(32-20(26)2)27-25(35(4)33-28(27)31)18-39-30(37)34(3)22-10-6-7-11-22/h13-14,19,21-23H,6-12,15-18H2,1-5H3/t19?,21-,23-/m0/s1. The lowest BCUT2D eigenvalue weighted by Crippen LogP contribution is -2.35. The van der Waals surface area contributed by atoms with Crippen molar-refractivity contribution in [2.45, 2.75) is 96.5 Å². The van der Waals surface area contributed by atoms with E-state index in [4.69, 9.17) is 35.5 Å². The van der Waals surface area contributed by atoms with Gasteiger partial charge in [-0.25, -0.2) is 9.78 Å². The highest BCUT2D eigenvalue weighted by molar-refractivity contribution is 6.32. The number of ether oxygens (including phenoxy) is 4. The Hall–Kier alpha value is -2.85. The second-order valence-corrected chi connectivity index (χ2v) is 11.6. The highest BCUT2D eigenvalue weighted by atomic mass is 35.5. The van der Waals surface area contributed by atoms with Crippen molar-refractivity contribution in [3.8, 4) is 17.0 Å². The van der Waals surface area contributed by atoms with Crippen molar-refractivity contribution in [2.75, 3.05) is 20.8 Å². The van der Waals surface area contributed by atoms with Crippen molar-refractivity contribution < 1.29 is 28.5 Å². The van der Waals surface area contributed by atoms with E-state index in [9.17, 15) is 9.59 Å². The van der Waals surface area contributed by atoms with Gasteiger partial charge in [0.25, 0.3) is 0 Å². The molecule has 1 unspecified atom stereocenters. The third-order valence-electron chi connectivity index (χ3n) is 8.21. The Morgan fingerprint density at radius 3 is 2.63 bits per heavy atom. The summed E-state index contributed by atoms with van der Waals surface area (Å²) >= 11 is 6.52. The number of aromatic nitrogens is 3. The lowest BCUT2D eigenvalue weighted by molar-refractivity contribution is -0.156. The van der Waals surface area contributed by atoms with Crippen molar-refractivity contribution in [3.63, 3.8) is 0 Å². The van der Waals surface area contributed by atoms with Crippen LogP contribution >= 0.6 is 11.6 Å². The van der Waals surface area contributed by atoms with Crippen LogP contribution in [0, 0.1) is 12.8 Å². The molecule has 0 aliphatic heterocycles. The normalized spacial score (nSPS) is 20.0. The molecule has 0 N–H and O–H groups in total. The molecule has 2 aliphatic rings. The van der Waals surface area contributed by atoms with Gasteiger partial charge in [-0.3, -0.25) is 9.48 Å². The molecule has 4 rings (SSSR count). The summed E-state index contributed by atoms with van der Waals surface area (Å²) in [5.41, 5.74) is 2.61. The summed E-state index contributed by atoms with van der Waals surface area (Å²) in [4.78, 5) is 31.9. The Balaban J connectivity index is 1.40. The number of methoxy groups -OCH3 is 1. The third kappa shape index (κ3) is 7.92. The number of carbonyl (C=O) groups is 2. The molecule has 0 spiro atoms. The van der Waals surface area contributed by atoms with E-state index in [1.165, 1.54) is 0 Å². The van der Waals surface area contributed by atoms with Crippen LogP contribution in [0.3, 0.4) is 0 Å². The number of aryl methyl sites for hydroxylation is 2. The van der Waals surface area contributed by atoms with Crippen LogP contribution in [0.5, 0.6) is 5.75 Å². The molecule has 2 heterocycles. The molecule has 3 atom stereocenters. The first-order chi connectivity index (χ1) is 19.7. The lowest BCUT2D eigenvalue weighted by atomic mass is 9.87. The van der Waals surface area contributed by atoms with Gasteiger partial charge in [0, 0.05) is 40.3 Å². The molecular formula is C30H43ClN4O6. The number of nitrogens with zero attached hydrogens (tertiary/aromatic N) is 4. The van der Waals surface area contributed by atoms with Crippen LogP contribution < -0.4 is 4.74 Å². The van der Waals surface area contributed by atoms with Gasteiger partial charge in [0.05, 0.1) is 34.7 Å². The Labute approximate surface area is 247 Å². The number of hydrogen-bond acceptors (Lipinski definition) is 8. The molecule has 2 saturated carbocycles. The predicted molar refractivity (Wildman–Crippen MR) is 155 cm³/mol. The van der Waals surface area contributed by atoms with Crippen molar-refractivity contribution in [1.82, 2.24) is 19.7 Å². The maximum atomic E-state index is 12.7. The Bertz CT molecular complexity index is 1200. The minimum atomic E-state index is -0.354. The van der Waals surface area contributed by atoms with Gasteiger partial charge in [0.1, 0.15) is 18.5 Å². The van der Waals surface area contributed by atoms with Crippen LogP contribution in [-0.4, -0.2) is 70.7 Å². The first kappa shape index (κ1) is 31.1. The molecule has 10 nitrogen and oxygen atoms in total. The number of rotatable bonds is 11. The van der Waals surface area contributed by atoms with Gasteiger partial charge in [0.15, 0.2) is 5.15 Å². The van der Waals surface area contributed by atoms with E-state index in [-0.39, 0.29) is 48.0 Å². The minimum Gasteiger partial charge on any atom is -0.489 e. The van der Waals surface area contributed by atoms with Gasteiger partial charge >= 0.3 is 12.1 Å². The molecule has 0 saturated heterocycles. The zero-order valence-electron chi connectivity index (χ0n) is 24.9. The first-order valence-corrected chi connectivity index (χ1v) is 15.0. The van der Waals surface area contributed by atoms with Crippen molar-refractivity contribution in [3.05, 3.63) is 28.7 Å². The Kier molecular flexibility index (Phi) is 10.9. The number of esters is 1. The summed E-state index contributed by atoms with van der Waals surface area (Å²) < 4.78 is 24.3. The highest BCUT2D eigenvalue weighted by Gasteiger charge is 2.31. The van der Waals surface area contributed by atoms with E-state index in [1.54, 1.807) is 30.8 Å². The largest absolute Gasteiger partial charge is 0.489 e. The smallest absolute Gasteiger partial charge is 0.410 e. The number of pyridine rings is 1. The fourth-order valence-corrected chi connectivity index (χ4v) is 6.03. The number of hydrogen-bond donors (Lipinski definition) is 0. The Morgan fingerprint density at radius 1 is 1.17 bits per heavy atom. The summed E-state index contributed by atoms with van der Waals surface area (Å²) in [6.45, 7) is 4.36. The quantitative estimate of drug-likeness (QED) is 0.300. The molecule has 2 aromatic heterocycles.